The summed E-state index contributed by atoms with van der Waals surface area (Å²) in [4.78, 5) is 35.7. The van der Waals surface area contributed by atoms with E-state index in [0.717, 1.165) is 31.7 Å². The van der Waals surface area contributed by atoms with Gasteiger partial charge in [0.2, 0.25) is 5.75 Å². The summed E-state index contributed by atoms with van der Waals surface area (Å²) in [6, 6.07) is 0.361. The van der Waals surface area contributed by atoms with Gasteiger partial charge in [-0.25, -0.2) is 4.79 Å². The van der Waals surface area contributed by atoms with Gasteiger partial charge in [0.1, 0.15) is 5.56 Å². The number of amides is 3. The number of aromatic hydroxyl groups is 1. The minimum absolute atomic E-state index is 0.249. The van der Waals surface area contributed by atoms with E-state index in [9.17, 15) is 24.8 Å². The molecule has 10 heteroatoms. The van der Waals surface area contributed by atoms with Gasteiger partial charge < -0.3 is 15.2 Å². The number of carbonyl (C=O) groups excluding carboxylic acids is 2. The monoisotopic (exact) mass is 387 g/mol. The van der Waals surface area contributed by atoms with Crippen molar-refractivity contribution in [1.29, 1.82) is 0 Å². The van der Waals surface area contributed by atoms with Crippen LogP contribution < -0.4 is 10.1 Å². The number of halogens is 1. The van der Waals surface area contributed by atoms with Crippen molar-refractivity contribution in [3.63, 3.8) is 0 Å². The second-order valence-electron chi connectivity index (χ2n) is 5.55. The molecule has 2 N–H and O–H groups in total. The number of hydrogen-bond donors (Lipinski definition) is 2. The van der Waals surface area contributed by atoms with Crippen molar-refractivity contribution in [2.24, 2.45) is 0 Å². The molecule has 0 aliphatic carbocycles. The zero-order valence-electron chi connectivity index (χ0n) is 14.9. The molecule has 3 amide bonds. The maximum absolute atomic E-state index is 12.5. The first kappa shape index (κ1) is 21.5. The molecule has 144 valence electrons. The van der Waals surface area contributed by atoms with Crippen molar-refractivity contribution < 1.29 is 24.4 Å². The lowest BCUT2D eigenvalue weighted by atomic mass is 10.1. The van der Waals surface area contributed by atoms with Gasteiger partial charge >= 0.3 is 11.7 Å². The SMILES string of the molecule is CCCCCCNC(=O)N(C)C(=O)c1c(Cl)cc(OC)c(O)c1[N+](=O)[O-]. The zero-order chi connectivity index (χ0) is 19.9. The van der Waals surface area contributed by atoms with Gasteiger partial charge in [0.25, 0.3) is 5.91 Å². The Morgan fingerprint density at radius 1 is 1.38 bits per heavy atom. The molecule has 0 bridgehead atoms. The largest absolute Gasteiger partial charge is 0.499 e. The van der Waals surface area contributed by atoms with Crippen LogP contribution in [0, 0.1) is 10.1 Å². The lowest BCUT2D eigenvalue weighted by molar-refractivity contribution is -0.386. The molecule has 0 atom stereocenters. The molecule has 0 aliphatic rings. The molecule has 0 unspecified atom stereocenters. The van der Waals surface area contributed by atoms with Crippen LogP contribution in [0.5, 0.6) is 11.5 Å². The molecule has 0 spiro atoms. The fourth-order valence-electron chi connectivity index (χ4n) is 2.27. The van der Waals surface area contributed by atoms with E-state index < -0.39 is 33.9 Å². The van der Waals surface area contributed by atoms with E-state index in [1.807, 2.05) is 0 Å². The Hall–Kier alpha value is -2.55. The van der Waals surface area contributed by atoms with Gasteiger partial charge in [0.05, 0.1) is 17.1 Å². The summed E-state index contributed by atoms with van der Waals surface area (Å²) >= 11 is 5.96. The highest BCUT2D eigenvalue weighted by Gasteiger charge is 2.34. The number of nitro benzene ring substituents is 1. The number of rotatable bonds is 8. The molecule has 0 radical (unpaired) electrons. The van der Waals surface area contributed by atoms with E-state index in [4.69, 9.17) is 16.3 Å². The maximum atomic E-state index is 12.5. The molecule has 9 nitrogen and oxygen atoms in total. The molecule has 0 saturated carbocycles. The van der Waals surface area contributed by atoms with Gasteiger partial charge in [-0.3, -0.25) is 19.8 Å². The predicted molar refractivity (Wildman–Crippen MR) is 96.0 cm³/mol. The number of ether oxygens (including phenoxy) is 1. The minimum Gasteiger partial charge on any atom is -0.499 e. The van der Waals surface area contributed by atoms with Crippen LogP contribution in [0.3, 0.4) is 0 Å². The standard InChI is InChI=1S/C16H22ClN3O6/c1-4-5-6-7-8-18-16(23)19(2)15(22)12-10(17)9-11(26-3)14(21)13(12)20(24)25/h9,21H,4-8H2,1-3H3,(H,18,23). The second-order valence-corrected chi connectivity index (χ2v) is 5.95. The second kappa shape index (κ2) is 9.81. The third-order valence-electron chi connectivity index (χ3n) is 3.72. The van der Waals surface area contributed by atoms with Crippen LogP contribution >= 0.6 is 11.6 Å². The smallest absolute Gasteiger partial charge is 0.328 e. The summed E-state index contributed by atoms with van der Waals surface area (Å²) in [6.07, 6.45) is 3.79. The van der Waals surface area contributed by atoms with E-state index >= 15 is 0 Å². The quantitative estimate of drug-likeness (QED) is 0.400. The van der Waals surface area contributed by atoms with Crippen LogP contribution in [0.25, 0.3) is 0 Å². The van der Waals surface area contributed by atoms with E-state index in [1.54, 1.807) is 0 Å². The molecule has 0 aliphatic heterocycles. The topological polar surface area (TPSA) is 122 Å². The summed E-state index contributed by atoms with van der Waals surface area (Å²) in [5.41, 5.74) is -1.50. The van der Waals surface area contributed by atoms with E-state index in [-0.39, 0.29) is 10.8 Å². The number of phenols is 1. The highest BCUT2D eigenvalue weighted by molar-refractivity contribution is 6.35. The van der Waals surface area contributed by atoms with Crippen molar-refractivity contribution >= 4 is 29.2 Å². The molecule has 1 rings (SSSR count). The lowest BCUT2D eigenvalue weighted by Crippen LogP contribution is -2.41. The number of urea groups is 1. The van der Waals surface area contributed by atoms with Crippen LogP contribution in [0.2, 0.25) is 5.02 Å². The van der Waals surface area contributed by atoms with Crippen LogP contribution in [0.4, 0.5) is 10.5 Å². The molecular weight excluding hydrogens is 366 g/mol. The number of carbonyl (C=O) groups is 2. The molecular formula is C16H22ClN3O6. The van der Waals surface area contributed by atoms with Gasteiger partial charge in [-0.1, -0.05) is 37.8 Å². The molecule has 0 heterocycles. The Bertz CT molecular complexity index is 695. The van der Waals surface area contributed by atoms with Crippen molar-refractivity contribution in [2.45, 2.75) is 32.6 Å². The lowest BCUT2D eigenvalue weighted by Gasteiger charge is -2.18. The van der Waals surface area contributed by atoms with Gasteiger partial charge in [-0.15, -0.1) is 0 Å². The van der Waals surface area contributed by atoms with Crippen molar-refractivity contribution in [2.75, 3.05) is 20.7 Å². The summed E-state index contributed by atoms with van der Waals surface area (Å²) in [6.45, 7) is 2.44. The average Bonchev–Trinajstić information content (AvgIpc) is 2.60. The van der Waals surface area contributed by atoms with Gasteiger partial charge in [0, 0.05) is 19.7 Å². The third kappa shape index (κ3) is 4.98. The van der Waals surface area contributed by atoms with Gasteiger partial charge in [-0.05, 0) is 6.42 Å². The zero-order valence-corrected chi connectivity index (χ0v) is 15.6. The fraction of sp³-hybridized carbons (Fsp3) is 0.500. The first-order chi connectivity index (χ1) is 12.3. The predicted octanol–water partition coefficient (Wildman–Crippen LogP) is 3.32. The number of benzene rings is 1. The molecule has 0 saturated heterocycles. The maximum Gasteiger partial charge on any atom is 0.328 e. The van der Waals surface area contributed by atoms with E-state index in [2.05, 4.69) is 12.2 Å². The fourth-order valence-corrected chi connectivity index (χ4v) is 2.54. The Morgan fingerprint density at radius 2 is 2.04 bits per heavy atom. The number of unbranched alkanes of at least 4 members (excludes halogenated alkanes) is 3. The summed E-state index contributed by atoms with van der Waals surface area (Å²) in [5, 5.41) is 23.5. The van der Waals surface area contributed by atoms with Crippen LogP contribution in [-0.2, 0) is 0 Å². The first-order valence-corrected chi connectivity index (χ1v) is 8.43. The Morgan fingerprint density at radius 3 is 2.58 bits per heavy atom. The van der Waals surface area contributed by atoms with Crippen molar-refractivity contribution in [3.8, 4) is 11.5 Å². The highest BCUT2D eigenvalue weighted by atomic mass is 35.5. The number of imide groups is 1. The number of nitro groups is 1. The molecule has 0 fully saturated rings. The third-order valence-corrected chi connectivity index (χ3v) is 4.02. The summed E-state index contributed by atoms with van der Waals surface area (Å²) < 4.78 is 4.80. The Kier molecular flexibility index (Phi) is 8.11. The number of methoxy groups -OCH3 is 1. The Balaban J connectivity index is 3.03. The van der Waals surface area contributed by atoms with Gasteiger partial charge in [0.15, 0.2) is 5.75 Å². The van der Waals surface area contributed by atoms with Gasteiger partial charge in [-0.2, -0.15) is 0 Å². The van der Waals surface area contributed by atoms with Crippen LogP contribution in [0.15, 0.2) is 6.07 Å². The molecule has 0 aromatic heterocycles. The van der Waals surface area contributed by atoms with E-state index in [0.29, 0.717) is 11.4 Å². The number of nitrogens with zero attached hydrogens (tertiary/aromatic N) is 2. The van der Waals surface area contributed by atoms with Crippen molar-refractivity contribution in [1.82, 2.24) is 10.2 Å². The number of nitrogens with one attached hydrogen (secondary N) is 1. The number of phenolic OH excluding ortho intramolecular Hbond substituents is 1. The summed E-state index contributed by atoms with van der Waals surface area (Å²) in [7, 11) is 2.36. The Labute approximate surface area is 156 Å². The summed E-state index contributed by atoms with van der Waals surface area (Å²) in [5.74, 6) is -2.09. The van der Waals surface area contributed by atoms with Crippen LogP contribution in [-0.4, -0.2) is 47.6 Å². The molecule has 1 aromatic carbocycles. The normalized spacial score (nSPS) is 10.3. The van der Waals surface area contributed by atoms with Crippen LogP contribution in [0.1, 0.15) is 43.0 Å². The first-order valence-electron chi connectivity index (χ1n) is 8.05. The minimum atomic E-state index is -1.01. The average molecular weight is 388 g/mol. The molecule has 1 aromatic rings. The molecule has 26 heavy (non-hydrogen) atoms. The highest BCUT2D eigenvalue weighted by Crippen LogP contribution is 2.43. The number of hydrogen-bond acceptors (Lipinski definition) is 6. The van der Waals surface area contributed by atoms with E-state index in [1.165, 1.54) is 14.2 Å². The van der Waals surface area contributed by atoms with Crippen molar-refractivity contribution in [3.05, 3.63) is 26.8 Å².